The number of nitrogens with zero attached hydrogens (tertiary/aromatic N) is 1. The number of hydrogen-bond donors (Lipinski definition) is 1. The molecule has 0 aliphatic carbocycles. The fourth-order valence-corrected chi connectivity index (χ4v) is 0.941. The molecule has 0 amide bonds. The molecule has 0 unspecified atom stereocenters. The van der Waals surface area contributed by atoms with Crippen LogP contribution in [-0.4, -0.2) is 4.57 Å². The van der Waals surface area contributed by atoms with Gasteiger partial charge in [0.05, 0.1) is 6.04 Å². The van der Waals surface area contributed by atoms with E-state index in [0.717, 1.165) is 5.69 Å². The Hall–Kier alpha value is -1.02. The summed E-state index contributed by atoms with van der Waals surface area (Å²) in [5, 5.41) is 0. The lowest BCUT2D eigenvalue weighted by Gasteiger charge is -2.06. The number of aromatic nitrogens is 1. The molecule has 2 nitrogen and oxygen atoms in total. The second-order valence-electron chi connectivity index (χ2n) is 2.31. The third kappa shape index (κ3) is 1.11. The highest BCUT2D eigenvalue weighted by Crippen LogP contribution is 2.09. The first-order valence-electron chi connectivity index (χ1n) is 3.25. The minimum absolute atomic E-state index is 0.0417. The van der Waals surface area contributed by atoms with Gasteiger partial charge in [-0.1, -0.05) is 6.08 Å². The van der Waals surface area contributed by atoms with E-state index in [1.54, 1.807) is 6.08 Å². The van der Waals surface area contributed by atoms with Gasteiger partial charge in [-0.05, 0) is 12.1 Å². The normalized spacial score (nSPS) is 13.0. The van der Waals surface area contributed by atoms with Crippen molar-refractivity contribution in [1.82, 2.24) is 4.57 Å². The molecule has 0 saturated heterocycles. The SMILES string of the molecule is C=C[C@H](N)c1cccn1C. The van der Waals surface area contributed by atoms with Crippen LogP contribution in [0, 0.1) is 0 Å². The minimum atomic E-state index is -0.0417. The van der Waals surface area contributed by atoms with Crippen molar-refractivity contribution in [2.45, 2.75) is 6.04 Å². The lowest BCUT2D eigenvalue weighted by atomic mass is 10.2. The molecule has 0 spiro atoms. The van der Waals surface area contributed by atoms with Crippen molar-refractivity contribution in [1.29, 1.82) is 0 Å². The van der Waals surface area contributed by atoms with Crippen LogP contribution in [0.3, 0.4) is 0 Å². The van der Waals surface area contributed by atoms with E-state index < -0.39 is 0 Å². The fraction of sp³-hybridized carbons (Fsp3) is 0.250. The lowest BCUT2D eigenvalue weighted by Crippen LogP contribution is -2.10. The van der Waals surface area contributed by atoms with Crippen molar-refractivity contribution < 1.29 is 0 Å². The zero-order chi connectivity index (χ0) is 7.56. The standard InChI is InChI=1S/C8H12N2/c1-3-7(9)8-5-4-6-10(8)2/h3-7H,1,9H2,2H3/t7-/m0/s1. The maximum absolute atomic E-state index is 5.70. The summed E-state index contributed by atoms with van der Waals surface area (Å²) in [5.41, 5.74) is 6.79. The van der Waals surface area contributed by atoms with Gasteiger partial charge in [0.1, 0.15) is 0 Å². The van der Waals surface area contributed by atoms with Crippen LogP contribution in [-0.2, 0) is 7.05 Å². The van der Waals surface area contributed by atoms with E-state index in [1.165, 1.54) is 0 Å². The topological polar surface area (TPSA) is 30.9 Å². The summed E-state index contributed by atoms with van der Waals surface area (Å²) in [5.74, 6) is 0. The van der Waals surface area contributed by atoms with Crippen LogP contribution >= 0.6 is 0 Å². The van der Waals surface area contributed by atoms with Crippen LogP contribution in [0.15, 0.2) is 31.0 Å². The first-order valence-corrected chi connectivity index (χ1v) is 3.25. The predicted molar refractivity (Wildman–Crippen MR) is 42.5 cm³/mol. The summed E-state index contributed by atoms with van der Waals surface area (Å²) in [6.07, 6.45) is 3.70. The molecule has 0 aromatic carbocycles. The molecule has 1 aromatic heterocycles. The average molecular weight is 136 g/mol. The molecule has 1 atom stereocenters. The van der Waals surface area contributed by atoms with E-state index in [-0.39, 0.29) is 6.04 Å². The largest absolute Gasteiger partial charge is 0.353 e. The van der Waals surface area contributed by atoms with Crippen molar-refractivity contribution >= 4 is 0 Å². The van der Waals surface area contributed by atoms with E-state index in [9.17, 15) is 0 Å². The zero-order valence-corrected chi connectivity index (χ0v) is 6.12. The Kier molecular flexibility index (Phi) is 1.92. The Morgan fingerprint density at radius 1 is 1.80 bits per heavy atom. The Morgan fingerprint density at radius 2 is 2.50 bits per heavy atom. The number of rotatable bonds is 2. The highest BCUT2D eigenvalue weighted by molar-refractivity contribution is 5.14. The lowest BCUT2D eigenvalue weighted by molar-refractivity contribution is 0.766. The Morgan fingerprint density at radius 3 is 2.90 bits per heavy atom. The fourth-order valence-electron chi connectivity index (χ4n) is 0.941. The van der Waals surface area contributed by atoms with Crippen LogP contribution in [0.5, 0.6) is 0 Å². The molecule has 1 heterocycles. The van der Waals surface area contributed by atoms with Gasteiger partial charge >= 0.3 is 0 Å². The summed E-state index contributed by atoms with van der Waals surface area (Å²) in [7, 11) is 1.97. The van der Waals surface area contributed by atoms with Crippen molar-refractivity contribution in [2.24, 2.45) is 12.8 Å². The highest BCUT2D eigenvalue weighted by atomic mass is 14.9. The van der Waals surface area contributed by atoms with Crippen molar-refractivity contribution in [3.63, 3.8) is 0 Å². The minimum Gasteiger partial charge on any atom is -0.353 e. The smallest absolute Gasteiger partial charge is 0.0633 e. The maximum atomic E-state index is 5.70. The van der Waals surface area contributed by atoms with E-state index >= 15 is 0 Å². The summed E-state index contributed by atoms with van der Waals surface area (Å²) in [4.78, 5) is 0. The molecule has 0 bridgehead atoms. The Labute approximate surface area is 61.0 Å². The molecule has 0 aliphatic rings. The molecule has 0 aliphatic heterocycles. The van der Waals surface area contributed by atoms with Gasteiger partial charge in [0.15, 0.2) is 0 Å². The monoisotopic (exact) mass is 136 g/mol. The quantitative estimate of drug-likeness (QED) is 0.609. The number of aryl methyl sites for hydroxylation is 1. The van der Waals surface area contributed by atoms with E-state index in [2.05, 4.69) is 6.58 Å². The van der Waals surface area contributed by atoms with Crippen molar-refractivity contribution in [3.8, 4) is 0 Å². The van der Waals surface area contributed by atoms with Gasteiger partial charge in [0.25, 0.3) is 0 Å². The summed E-state index contributed by atoms with van der Waals surface area (Å²) < 4.78 is 1.99. The zero-order valence-electron chi connectivity index (χ0n) is 6.12. The molecule has 2 heteroatoms. The van der Waals surface area contributed by atoms with Crippen LogP contribution in [0.1, 0.15) is 11.7 Å². The van der Waals surface area contributed by atoms with Crippen LogP contribution in [0.2, 0.25) is 0 Å². The Bertz CT molecular complexity index is 225. The molecule has 1 aromatic rings. The van der Waals surface area contributed by atoms with Crippen LogP contribution in [0.25, 0.3) is 0 Å². The van der Waals surface area contributed by atoms with Crippen LogP contribution < -0.4 is 5.73 Å². The molecular formula is C8H12N2. The summed E-state index contributed by atoms with van der Waals surface area (Å²) >= 11 is 0. The van der Waals surface area contributed by atoms with Gasteiger partial charge in [-0.15, -0.1) is 6.58 Å². The summed E-state index contributed by atoms with van der Waals surface area (Å²) in [6, 6.07) is 3.92. The van der Waals surface area contributed by atoms with Crippen molar-refractivity contribution in [3.05, 3.63) is 36.7 Å². The molecule has 0 fully saturated rings. The van der Waals surface area contributed by atoms with Gasteiger partial charge in [-0.3, -0.25) is 0 Å². The number of nitrogens with two attached hydrogens (primary N) is 1. The average Bonchev–Trinajstić information content (AvgIpc) is 2.34. The molecule has 10 heavy (non-hydrogen) atoms. The molecular weight excluding hydrogens is 124 g/mol. The van der Waals surface area contributed by atoms with Gasteiger partial charge in [-0.25, -0.2) is 0 Å². The maximum Gasteiger partial charge on any atom is 0.0633 e. The number of hydrogen-bond acceptors (Lipinski definition) is 1. The van der Waals surface area contributed by atoms with E-state index in [1.807, 2.05) is 29.9 Å². The van der Waals surface area contributed by atoms with Gasteiger partial charge < -0.3 is 10.3 Å². The van der Waals surface area contributed by atoms with Crippen molar-refractivity contribution in [2.75, 3.05) is 0 Å². The molecule has 1 rings (SSSR count). The molecule has 2 N–H and O–H groups in total. The molecule has 54 valence electrons. The van der Waals surface area contributed by atoms with Gasteiger partial charge in [0.2, 0.25) is 0 Å². The predicted octanol–water partition coefficient (Wildman–Crippen LogP) is 1.21. The second kappa shape index (κ2) is 2.71. The summed E-state index contributed by atoms with van der Waals surface area (Å²) in [6.45, 7) is 3.62. The first kappa shape index (κ1) is 7.09. The molecule has 0 saturated carbocycles. The first-order chi connectivity index (χ1) is 4.75. The van der Waals surface area contributed by atoms with Crippen LogP contribution in [0.4, 0.5) is 0 Å². The Balaban J connectivity index is 2.92. The second-order valence-corrected chi connectivity index (χ2v) is 2.31. The third-order valence-corrected chi connectivity index (χ3v) is 1.58. The molecule has 0 radical (unpaired) electrons. The van der Waals surface area contributed by atoms with Gasteiger partial charge in [0, 0.05) is 18.9 Å². The van der Waals surface area contributed by atoms with Gasteiger partial charge in [-0.2, -0.15) is 0 Å². The van der Waals surface area contributed by atoms with E-state index in [4.69, 9.17) is 5.73 Å². The van der Waals surface area contributed by atoms with E-state index in [0.29, 0.717) is 0 Å². The third-order valence-electron chi connectivity index (χ3n) is 1.58. The highest BCUT2D eigenvalue weighted by Gasteiger charge is 2.02.